The van der Waals surface area contributed by atoms with E-state index in [4.69, 9.17) is 0 Å². The number of nitrogens with one attached hydrogen (secondary N) is 2. The Kier molecular flexibility index (Phi) is 3.66. The molecule has 0 atom stereocenters. The number of benzene rings is 1. The number of carbonyl (C=O) groups is 2. The van der Waals surface area contributed by atoms with Crippen LogP contribution in [0.25, 0.3) is 11.0 Å². The summed E-state index contributed by atoms with van der Waals surface area (Å²) < 4.78 is 13.1. The smallest absolute Gasteiger partial charge is 0.320 e. The zero-order valence-electron chi connectivity index (χ0n) is 12.1. The molecule has 116 valence electrons. The Labute approximate surface area is 126 Å². The lowest BCUT2D eigenvalue weighted by Crippen LogP contribution is -2.39. The first-order chi connectivity index (χ1) is 10.5. The number of hydrogen-bond donors (Lipinski definition) is 2. The third-order valence-corrected chi connectivity index (χ3v) is 3.58. The molecule has 0 spiro atoms. The van der Waals surface area contributed by atoms with Gasteiger partial charge in [-0.1, -0.05) is 0 Å². The van der Waals surface area contributed by atoms with E-state index in [1.165, 1.54) is 17.0 Å². The van der Waals surface area contributed by atoms with Crippen molar-refractivity contribution in [3.63, 3.8) is 0 Å². The fourth-order valence-electron chi connectivity index (χ4n) is 2.38. The molecule has 0 unspecified atom stereocenters. The molecule has 3 rings (SSSR count). The van der Waals surface area contributed by atoms with Crippen LogP contribution in [-0.2, 0) is 11.3 Å². The molecule has 1 aliphatic heterocycles. The summed E-state index contributed by atoms with van der Waals surface area (Å²) in [5.74, 6) is -0.0579. The molecule has 1 saturated heterocycles. The second-order valence-corrected chi connectivity index (χ2v) is 5.25. The Morgan fingerprint density at radius 1 is 1.45 bits per heavy atom. The summed E-state index contributed by atoms with van der Waals surface area (Å²) in [5, 5.41) is 2.70. The normalized spacial score (nSPS) is 14.9. The quantitative estimate of drug-likeness (QED) is 0.872. The first-order valence-corrected chi connectivity index (χ1v) is 6.94. The van der Waals surface area contributed by atoms with Crippen LogP contribution in [0.5, 0.6) is 0 Å². The molecule has 7 nitrogen and oxygen atoms in total. The average molecular weight is 305 g/mol. The lowest BCUT2D eigenvalue weighted by molar-refractivity contribution is -0.121. The van der Waals surface area contributed by atoms with Crippen LogP contribution in [0.1, 0.15) is 5.82 Å². The van der Waals surface area contributed by atoms with Gasteiger partial charge in [0.05, 0.1) is 17.6 Å². The molecular formula is C14H16FN5O2. The molecule has 1 fully saturated rings. The van der Waals surface area contributed by atoms with E-state index in [0.29, 0.717) is 29.9 Å². The molecule has 8 heteroatoms. The monoisotopic (exact) mass is 305 g/mol. The van der Waals surface area contributed by atoms with Crippen LogP contribution in [-0.4, -0.2) is 58.4 Å². The molecule has 2 heterocycles. The van der Waals surface area contributed by atoms with Crippen LogP contribution in [0.15, 0.2) is 18.2 Å². The number of amides is 3. The van der Waals surface area contributed by atoms with Crippen LogP contribution < -0.4 is 5.32 Å². The number of urea groups is 1. The van der Waals surface area contributed by atoms with Gasteiger partial charge in [-0.15, -0.1) is 0 Å². The predicted octanol–water partition coefficient (Wildman–Crippen LogP) is 0.686. The highest BCUT2D eigenvalue weighted by Gasteiger charge is 2.26. The van der Waals surface area contributed by atoms with Gasteiger partial charge in [0.2, 0.25) is 5.91 Å². The van der Waals surface area contributed by atoms with Crippen molar-refractivity contribution in [1.29, 1.82) is 0 Å². The summed E-state index contributed by atoms with van der Waals surface area (Å²) >= 11 is 0. The number of carbonyl (C=O) groups excluding carboxylic acids is 2. The topological polar surface area (TPSA) is 81.3 Å². The third kappa shape index (κ3) is 2.85. The number of fused-ring (bicyclic) bond motifs is 1. The van der Waals surface area contributed by atoms with E-state index in [9.17, 15) is 14.0 Å². The minimum absolute atomic E-state index is 0.0258. The zero-order chi connectivity index (χ0) is 15.7. The number of H-pyrrole nitrogens is 1. The maximum Gasteiger partial charge on any atom is 0.320 e. The third-order valence-electron chi connectivity index (χ3n) is 3.58. The maximum absolute atomic E-state index is 13.1. The van der Waals surface area contributed by atoms with Crippen molar-refractivity contribution in [1.82, 2.24) is 25.1 Å². The summed E-state index contributed by atoms with van der Waals surface area (Å²) in [6, 6.07) is 4.12. The highest BCUT2D eigenvalue weighted by Crippen LogP contribution is 2.12. The summed E-state index contributed by atoms with van der Waals surface area (Å²) in [7, 11) is 1.70. The predicted molar refractivity (Wildman–Crippen MR) is 77.5 cm³/mol. The summed E-state index contributed by atoms with van der Waals surface area (Å²) in [6.45, 7) is 1.40. The summed E-state index contributed by atoms with van der Waals surface area (Å²) in [4.78, 5) is 33.8. The molecule has 0 bridgehead atoms. The van der Waals surface area contributed by atoms with Crippen molar-refractivity contribution in [2.24, 2.45) is 0 Å². The molecule has 1 aliphatic rings. The largest absolute Gasteiger partial charge is 0.347 e. The van der Waals surface area contributed by atoms with Gasteiger partial charge in [0, 0.05) is 20.1 Å². The molecular weight excluding hydrogens is 289 g/mol. The summed E-state index contributed by atoms with van der Waals surface area (Å²) in [6.07, 6.45) is 0. The lowest BCUT2D eigenvalue weighted by atomic mass is 10.3. The number of imidazole rings is 1. The second kappa shape index (κ2) is 5.63. The molecule has 2 N–H and O–H groups in total. The molecule has 2 aromatic rings. The van der Waals surface area contributed by atoms with E-state index < -0.39 is 0 Å². The van der Waals surface area contributed by atoms with Gasteiger partial charge in [0.15, 0.2) is 0 Å². The Morgan fingerprint density at radius 2 is 2.27 bits per heavy atom. The molecule has 0 aliphatic carbocycles. The van der Waals surface area contributed by atoms with Crippen LogP contribution in [0.2, 0.25) is 0 Å². The Bertz CT molecular complexity index is 729. The molecule has 22 heavy (non-hydrogen) atoms. The number of aromatic amines is 1. The number of halogens is 1. The highest BCUT2D eigenvalue weighted by molar-refractivity contribution is 5.85. The number of rotatable bonds is 4. The van der Waals surface area contributed by atoms with Crippen LogP contribution in [0, 0.1) is 5.82 Å². The van der Waals surface area contributed by atoms with Gasteiger partial charge in [-0.05, 0) is 18.2 Å². The van der Waals surface area contributed by atoms with Gasteiger partial charge in [-0.25, -0.2) is 14.2 Å². The first kappa shape index (κ1) is 14.3. The molecule has 0 radical (unpaired) electrons. The molecule has 0 saturated carbocycles. The van der Waals surface area contributed by atoms with Crippen molar-refractivity contribution in [3.8, 4) is 0 Å². The number of likely N-dealkylation sites (N-methyl/N-ethyl adjacent to an activating group) is 1. The summed E-state index contributed by atoms with van der Waals surface area (Å²) in [5.41, 5.74) is 1.22. The first-order valence-electron chi connectivity index (χ1n) is 6.94. The second-order valence-electron chi connectivity index (χ2n) is 5.25. The van der Waals surface area contributed by atoms with Crippen molar-refractivity contribution in [2.75, 3.05) is 26.7 Å². The highest BCUT2D eigenvalue weighted by atomic mass is 19.1. The van der Waals surface area contributed by atoms with E-state index in [0.717, 1.165) is 0 Å². The number of nitrogens with zero attached hydrogens (tertiary/aromatic N) is 3. The fourth-order valence-corrected chi connectivity index (χ4v) is 2.38. The van der Waals surface area contributed by atoms with Crippen LogP contribution in [0.3, 0.4) is 0 Å². The van der Waals surface area contributed by atoms with E-state index >= 15 is 0 Å². The van der Waals surface area contributed by atoms with E-state index in [2.05, 4.69) is 15.3 Å². The van der Waals surface area contributed by atoms with E-state index in [1.54, 1.807) is 18.0 Å². The minimum Gasteiger partial charge on any atom is -0.347 e. The fraction of sp³-hybridized carbons (Fsp3) is 0.357. The van der Waals surface area contributed by atoms with Gasteiger partial charge >= 0.3 is 6.03 Å². The van der Waals surface area contributed by atoms with Crippen molar-refractivity contribution in [3.05, 3.63) is 29.8 Å². The maximum atomic E-state index is 13.1. The standard InChI is InChI=1S/C14H16FN5O2/c1-19-4-5-20(14(19)22)8-13(21)16-7-12-17-10-3-2-9(15)6-11(10)18-12/h2-3,6H,4-5,7-8H2,1H3,(H,16,21)(H,17,18). The molecule has 1 aromatic carbocycles. The van der Waals surface area contributed by atoms with Gasteiger partial charge < -0.3 is 20.1 Å². The van der Waals surface area contributed by atoms with E-state index in [-0.39, 0.29) is 30.8 Å². The van der Waals surface area contributed by atoms with Crippen molar-refractivity contribution in [2.45, 2.75) is 6.54 Å². The van der Waals surface area contributed by atoms with E-state index in [1.807, 2.05) is 0 Å². The molecule has 1 aromatic heterocycles. The SMILES string of the molecule is CN1CCN(CC(=O)NCc2nc3ccc(F)cc3[nH]2)C1=O. The van der Waals surface area contributed by atoms with Gasteiger partial charge in [-0.2, -0.15) is 0 Å². The van der Waals surface area contributed by atoms with Crippen LogP contribution in [0.4, 0.5) is 9.18 Å². The number of aromatic nitrogens is 2. The Hall–Kier alpha value is -2.64. The lowest BCUT2D eigenvalue weighted by Gasteiger charge is -2.15. The Morgan fingerprint density at radius 3 is 3.00 bits per heavy atom. The minimum atomic E-state index is -0.344. The molecule has 3 amide bonds. The zero-order valence-corrected chi connectivity index (χ0v) is 12.1. The average Bonchev–Trinajstić information content (AvgIpc) is 3.02. The van der Waals surface area contributed by atoms with Crippen molar-refractivity contribution < 1.29 is 14.0 Å². The van der Waals surface area contributed by atoms with Crippen molar-refractivity contribution >= 4 is 23.0 Å². The van der Waals surface area contributed by atoms with Crippen LogP contribution >= 0.6 is 0 Å². The number of hydrogen-bond acceptors (Lipinski definition) is 3. The van der Waals surface area contributed by atoms with Gasteiger partial charge in [-0.3, -0.25) is 4.79 Å². The van der Waals surface area contributed by atoms with Gasteiger partial charge in [0.1, 0.15) is 18.2 Å². The Balaban J connectivity index is 1.57. The van der Waals surface area contributed by atoms with Gasteiger partial charge in [0.25, 0.3) is 0 Å².